The molecule has 1 rings (SSSR count). The number of hydrogen-bond acceptors (Lipinski definition) is 2. The molecule has 0 aliphatic heterocycles. The van der Waals surface area contributed by atoms with Gasteiger partial charge in [0.05, 0.1) is 0 Å². The molecule has 90 valence electrons. The molecule has 3 N–H and O–H groups in total. The van der Waals surface area contributed by atoms with Gasteiger partial charge in [0.2, 0.25) is 5.91 Å². The molecular formula is C14H18N2O. The summed E-state index contributed by atoms with van der Waals surface area (Å²) in [6.07, 6.45) is 8.66. The monoisotopic (exact) mass is 230 g/mol. The first-order valence-electron chi connectivity index (χ1n) is 5.83. The van der Waals surface area contributed by atoms with E-state index >= 15 is 0 Å². The van der Waals surface area contributed by atoms with Crippen molar-refractivity contribution >= 4 is 11.6 Å². The molecule has 1 aromatic carbocycles. The Labute approximate surface area is 102 Å². The molecule has 0 atom stereocenters. The van der Waals surface area contributed by atoms with Crippen molar-refractivity contribution in [2.75, 3.05) is 11.9 Å². The van der Waals surface area contributed by atoms with Gasteiger partial charge in [-0.15, -0.1) is 6.42 Å². The first-order chi connectivity index (χ1) is 8.26. The molecule has 0 unspecified atom stereocenters. The zero-order chi connectivity index (χ0) is 12.5. The van der Waals surface area contributed by atoms with Crippen molar-refractivity contribution in [3.63, 3.8) is 0 Å². The summed E-state index contributed by atoms with van der Waals surface area (Å²) in [4.78, 5) is 11.6. The minimum Gasteiger partial charge on any atom is -0.330 e. The number of carbonyl (C=O) groups is 1. The number of terminal acetylenes is 1. The molecule has 3 nitrogen and oxygen atoms in total. The molecule has 0 bridgehead atoms. The number of amides is 1. The van der Waals surface area contributed by atoms with Gasteiger partial charge in [0.1, 0.15) is 0 Å². The van der Waals surface area contributed by atoms with Crippen LogP contribution in [0.5, 0.6) is 0 Å². The summed E-state index contributed by atoms with van der Waals surface area (Å²) in [6, 6.07) is 7.28. The quantitative estimate of drug-likeness (QED) is 0.581. The molecule has 17 heavy (non-hydrogen) atoms. The third-order valence-corrected chi connectivity index (χ3v) is 2.42. The normalized spacial score (nSPS) is 9.65. The van der Waals surface area contributed by atoms with E-state index in [1.807, 2.05) is 18.2 Å². The third kappa shape index (κ3) is 5.19. The Morgan fingerprint density at radius 3 is 2.88 bits per heavy atom. The summed E-state index contributed by atoms with van der Waals surface area (Å²) in [7, 11) is 0. The zero-order valence-corrected chi connectivity index (χ0v) is 9.91. The first-order valence-corrected chi connectivity index (χ1v) is 5.83. The fourth-order valence-corrected chi connectivity index (χ4v) is 1.52. The number of unbranched alkanes of at least 4 members (excludes halogenated alkanes) is 2. The summed E-state index contributed by atoms with van der Waals surface area (Å²) in [6.45, 7) is 0.686. The maximum absolute atomic E-state index is 11.6. The van der Waals surface area contributed by atoms with Crippen molar-refractivity contribution in [3.8, 4) is 12.3 Å². The van der Waals surface area contributed by atoms with Crippen LogP contribution in [-0.4, -0.2) is 12.5 Å². The van der Waals surface area contributed by atoms with Gasteiger partial charge in [-0.25, -0.2) is 0 Å². The SMILES string of the molecule is C#Cc1cccc(NC(=O)CCCCCN)c1. The number of rotatable bonds is 6. The summed E-state index contributed by atoms with van der Waals surface area (Å²) >= 11 is 0. The van der Waals surface area contributed by atoms with Gasteiger partial charge >= 0.3 is 0 Å². The fraction of sp³-hybridized carbons (Fsp3) is 0.357. The molecule has 0 saturated heterocycles. The Kier molecular flexibility index (Phi) is 5.84. The number of carbonyl (C=O) groups excluding carboxylic acids is 1. The van der Waals surface area contributed by atoms with Gasteiger partial charge in [-0.05, 0) is 37.6 Å². The van der Waals surface area contributed by atoms with E-state index in [2.05, 4.69) is 11.2 Å². The van der Waals surface area contributed by atoms with Crippen LogP contribution >= 0.6 is 0 Å². The minimum atomic E-state index is 0.0243. The van der Waals surface area contributed by atoms with E-state index in [1.165, 1.54) is 0 Å². The van der Waals surface area contributed by atoms with Gasteiger partial charge in [-0.1, -0.05) is 18.4 Å². The standard InChI is InChI=1S/C14H18N2O/c1-2-12-7-6-8-13(11-12)16-14(17)9-4-3-5-10-15/h1,6-8,11H,3-5,9-10,15H2,(H,16,17). The van der Waals surface area contributed by atoms with Crippen LogP contribution in [-0.2, 0) is 4.79 Å². The average Bonchev–Trinajstić information content (AvgIpc) is 2.35. The van der Waals surface area contributed by atoms with Gasteiger partial charge in [0.15, 0.2) is 0 Å². The van der Waals surface area contributed by atoms with Gasteiger partial charge in [-0.3, -0.25) is 4.79 Å². The lowest BCUT2D eigenvalue weighted by Crippen LogP contribution is -2.11. The van der Waals surface area contributed by atoms with E-state index in [0.29, 0.717) is 13.0 Å². The molecule has 0 saturated carbocycles. The van der Waals surface area contributed by atoms with Gasteiger partial charge in [0, 0.05) is 17.7 Å². The Bertz CT molecular complexity index is 407. The molecule has 0 spiro atoms. The minimum absolute atomic E-state index is 0.0243. The number of anilines is 1. The highest BCUT2D eigenvalue weighted by atomic mass is 16.1. The molecule has 0 radical (unpaired) electrons. The van der Waals surface area contributed by atoms with Crippen molar-refractivity contribution in [3.05, 3.63) is 29.8 Å². The average molecular weight is 230 g/mol. The van der Waals surface area contributed by atoms with Crippen LogP contribution in [0.15, 0.2) is 24.3 Å². The van der Waals surface area contributed by atoms with Crippen molar-refractivity contribution in [2.45, 2.75) is 25.7 Å². The van der Waals surface area contributed by atoms with Crippen LogP contribution in [0.4, 0.5) is 5.69 Å². The highest BCUT2D eigenvalue weighted by Gasteiger charge is 2.02. The van der Waals surface area contributed by atoms with Crippen molar-refractivity contribution in [1.82, 2.24) is 0 Å². The molecule has 0 aromatic heterocycles. The lowest BCUT2D eigenvalue weighted by molar-refractivity contribution is -0.116. The molecule has 0 aliphatic carbocycles. The number of nitrogens with one attached hydrogen (secondary N) is 1. The van der Waals surface area contributed by atoms with Crippen molar-refractivity contribution < 1.29 is 4.79 Å². The van der Waals surface area contributed by atoms with Gasteiger partial charge in [-0.2, -0.15) is 0 Å². The lowest BCUT2D eigenvalue weighted by atomic mass is 10.1. The Morgan fingerprint density at radius 1 is 1.35 bits per heavy atom. The van der Waals surface area contributed by atoms with E-state index in [-0.39, 0.29) is 5.91 Å². The molecule has 0 fully saturated rings. The maximum Gasteiger partial charge on any atom is 0.224 e. The van der Waals surface area contributed by atoms with E-state index in [0.717, 1.165) is 30.5 Å². The predicted octanol–water partition coefficient (Wildman–Crippen LogP) is 2.13. The van der Waals surface area contributed by atoms with E-state index in [4.69, 9.17) is 12.2 Å². The van der Waals surface area contributed by atoms with Gasteiger partial charge in [0.25, 0.3) is 0 Å². The lowest BCUT2D eigenvalue weighted by Gasteiger charge is -2.05. The largest absolute Gasteiger partial charge is 0.330 e. The number of nitrogens with two attached hydrogens (primary N) is 1. The summed E-state index contributed by atoms with van der Waals surface area (Å²) < 4.78 is 0. The molecule has 3 heteroatoms. The van der Waals surface area contributed by atoms with Gasteiger partial charge < -0.3 is 11.1 Å². The number of hydrogen-bond donors (Lipinski definition) is 2. The van der Waals surface area contributed by atoms with Crippen LogP contribution in [0.3, 0.4) is 0 Å². The molecule has 1 aromatic rings. The molecule has 0 heterocycles. The van der Waals surface area contributed by atoms with Crippen LogP contribution in [0.25, 0.3) is 0 Å². The van der Waals surface area contributed by atoms with Crippen molar-refractivity contribution in [2.24, 2.45) is 5.73 Å². The molecule has 0 aliphatic rings. The zero-order valence-electron chi connectivity index (χ0n) is 9.91. The fourth-order valence-electron chi connectivity index (χ4n) is 1.52. The molecule has 1 amide bonds. The third-order valence-electron chi connectivity index (χ3n) is 2.42. The van der Waals surface area contributed by atoms with Crippen molar-refractivity contribution in [1.29, 1.82) is 0 Å². The van der Waals surface area contributed by atoms with Crippen LogP contribution in [0, 0.1) is 12.3 Å². The Hall–Kier alpha value is -1.79. The second-order valence-electron chi connectivity index (χ2n) is 3.87. The summed E-state index contributed by atoms with van der Waals surface area (Å²) in [5, 5.41) is 2.83. The highest BCUT2D eigenvalue weighted by molar-refractivity contribution is 5.90. The van der Waals surface area contributed by atoms with E-state index < -0.39 is 0 Å². The second-order valence-corrected chi connectivity index (χ2v) is 3.87. The summed E-state index contributed by atoms with van der Waals surface area (Å²) in [5.74, 6) is 2.56. The first kappa shape index (κ1) is 13.3. The maximum atomic E-state index is 11.6. The topological polar surface area (TPSA) is 55.1 Å². The smallest absolute Gasteiger partial charge is 0.224 e. The van der Waals surface area contributed by atoms with Crippen LogP contribution < -0.4 is 11.1 Å². The molecular weight excluding hydrogens is 212 g/mol. The Morgan fingerprint density at radius 2 is 2.18 bits per heavy atom. The van der Waals surface area contributed by atoms with Crippen LogP contribution in [0.2, 0.25) is 0 Å². The Balaban J connectivity index is 2.37. The van der Waals surface area contributed by atoms with E-state index in [1.54, 1.807) is 6.07 Å². The summed E-state index contributed by atoms with van der Waals surface area (Å²) in [5.41, 5.74) is 6.90. The van der Waals surface area contributed by atoms with E-state index in [9.17, 15) is 4.79 Å². The second kappa shape index (κ2) is 7.48. The highest BCUT2D eigenvalue weighted by Crippen LogP contribution is 2.10. The number of benzene rings is 1. The van der Waals surface area contributed by atoms with Crippen LogP contribution in [0.1, 0.15) is 31.2 Å². The predicted molar refractivity (Wildman–Crippen MR) is 70.5 cm³/mol.